The van der Waals surface area contributed by atoms with Crippen LogP contribution in [0.3, 0.4) is 0 Å². The van der Waals surface area contributed by atoms with Crippen LogP contribution in [0.5, 0.6) is 0 Å². The summed E-state index contributed by atoms with van der Waals surface area (Å²) in [5.74, 6) is -0.336. The summed E-state index contributed by atoms with van der Waals surface area (Å²) in [6, 6.07) is 14.1. The van der Waals surface area contributed by atoms with Gasteiger partial charge in [0.2, 0.25) is 0 Å². The lowest BCUT2D eigenvalue weighted by Gasteiger charge is -2.07. The molecule has 0 spiro atoms. The normalized spacial score (nSPS) is 9.60. The van der Waals surface area contributed by atoms with Crippen LogP contribution >= 0.6 is 0 Å². The largest absolute Gasteiger partial charge is 0.334 e. The molecule has 2 aromatic carbocycles. The summed E-state index contributed by atoms with van der Waals surface area (Å²) in [5, 5.41) is 13.9. The molecule has 100 valence electrons. The van der Waals surface area contributed by atoms with E-state index in [1.54, 1.807) is 36.4 Å². The van der Waals surface area contributed by atoms with Gasteiger partial charge in [0.1, 0.15) is 5.82 Å². The first-order valence-electron chi connectivity index (χ1n) is 5.97. The van der Waals surface area contributed by atoms with Crippen molar-refractivity contribution in [3.63, 3.8) is 0 Å². The Morgan fingerprint density at radius 1 is 1.20 bits per heavy atom. The Hall–Kier alpha value is -2.87. The molecular weight excluding hydrogens is 257 g/mol. The molecule has 0 aromatic heterocycles. The Bertz CT molecular complexity index is 647. The third-order valence-corrected chi connectivity index (χ3v) is 2.61. The quantitative estimate of drug-likeness (QED) is 0.899. The highest BCUT2D eigenvalue weighted by molar-refractivity contribution is 5.89. The minimum atomic E-state index is -0.390. The van der Waals surface area contributed by atoms with Crippen molar-refractivity contribution in [2.24, 2.45) is 0 Å². The lowest BCUT2D eigenvalue weighted by atomic mass is 10.2. The number of anilines is 1. The topological polar surface area (TPSA) is 64.9 Å². The molecule has 2 N–H and O–H groups in total. The second kappa shape index (κ2) is 6.34. The molecule has 0 saturated carbocycles. The zero-order chi connectivity index (χ0) is 14.4. The van der Waals surface area contributed by atoms with Crippen molar-refractivity contribution in [3.05, 3.63) is 65.5 Å². The summed E-state index contributed by atoms with van der Waals surface area (Å²) < 4.78 is 13.0. The molecule has 0 aliphatic heterocycles. The van der Waals surface area contributed by atoms with E-state index in [1.165, 1.54) is 12.1 Å². The van der Waals surface area contributed by atoms with Crippen LogP contribution in [0.4, 0.5) is 14.9 Å². The molecule has 0 unspecified atom stereocenters. The van der Waals surface area contributed by atoms with Gasteiger partial charge >= 0.3 is 6.03 Å². The average Bonchev–Trinajstić information content (AvgIpc) is 2.46. The van der Waals surface area contributed by atoms with Crippen LogP contribution in [0, 0.1) is 17.1 Å². The van der Waals surface area contributed by atoms with Crippen LogP contribution in [0.1, 0.15) is 11.1 Å². The fraction of sp³-hybridized carbons (Fsp3) is 0.0667. The Morgan fingerprint density at radius 2 is 1.95 bits per heavy atom. The molecule has 0 aliphatic carbocycles. The van der Waals surface area contributed by atoms with Gasteiger partial charge < -0.3 is 10.6 Å². The molecule has 0 radical (unpaired) electrons. The van der Waals surface area contributed by atoms with Gasteiger partial charge in [-0.3, -0.25) is 0 Å². The number of benzene rings is 2. The number of carbonyl (C=O) groups is 1. The van der Waals surface area contributed by atoms with Crippen molar-refractivity contribution in [2.75, 3.05) is 5.32 Å². The molecule has 4 nitrogen and oxygen atoms in total. The highest BCUT2D eigenvalue weighted by atomic mass is 19.1. The van der Waals surface area contributed by atoms with E-state index in [0.717, 1.165) is 0 Å². The Balaban J connectivity index is 1.87. The zero-order valence-corrected chi connectivity index (χ0v) is 10.6. The van der Waals surface area contributed by atoms with E-state index >= 15 is 0 Å². The van der Waals surface area contributed by atoms with E-state index in [9.17, 15) is 9.18 Å². The van der Waals surface area contributed by atoms with Gasteiger partial charge in [0, 0.05) is 12.2 Å². The number of amides is 2. The van der Waals surface area contributed by atoms with Crippen LogP contribution in [0.15, 0.2) is 48.5 Å². The van der Waals surface area contributed by atoms with Crippen molar-refractivity contribution in [2.45, 2.75) is 6.54 Å². The molecule has 20 heavy (non-hydrogen) atoms. The number of carbonyl (C=O) groups excluding carboxylic acids is 1. The van der Waals surface area contributed by atoms with Crippen LogP contribution in [-0.4, -0.2) is 6.03 Å². The summed E-state index contributed by atoms with van der Waals surface area (Å²) >= 11 is 0. The molecule has 0 bridgehead atoms. The molecule has 2 amide bonds. The van der Waals surface area contributed by atoms with Gasteiger partial charge in [-0.15, -0.1) is 0 Å². The summed E-state index contributed by atoms with van der Waals surface area (Å²) in [5.41, 5.74) is 1.79. The summed E-state index contributed by atoms with van der Waals surface area (Å²) in [7, 11) is 0. The van der Waals surface area contributed by atoms with Crippen molar-refractivity contribution < 1.29 is 9.18 Å². The smallest absolute Gasteiger partial charge is 0.319 e. The lowest BCUT2D eigenvalue weighted by molar-refractivity contribution is 0.251. The molecule has 0 heterocycles. The predicted octanol–water partition coefficient (Wildman–Crippen LogP) is 3.02. The van der Waals surface area contributed by atoms with E-state index in [4.69, 9.17) is 5.26 Å². The minimum absolute atomic E-state index is 0.236. The number of halogens is 1. The van der Waals surface area contributed by atoms with Crippen molar-refractivity contribution in [1.82, 2.24) is 5.32 Å². The van der Waals surface area contributed by atoms with Gasteiger partial charge in [0.15, 0.2) is 0 Å². The standard InChI is InChI=1S/C15H12FN3O/c16-13-3-1-2-12(8-13)10-18-15(20)19-14-6-4-11(9-17)5-7-14/h1-8H,10H2,(H2,18,19,20). The highest BCUT2D eigenvalue weighted by Crippen LogP contribution is 2.08. The van der Waals surface area contributed by atoms with Gasteiger partial charge in [0.05, 0.1) is 11.6 Å². The Kier molecular flexibility index (Phi) is 4.30. The number of rotatable bonds is 3. The van der Waals surface area contributed by atoms with Gasteiger partial charge in [0.25, 0.3) is 0 Å². The molecule has 0 atom stereocenters. The number of hydrogen-bond acceptors (Lipinski definition) is 2. The number of urea groups is 1. The molecule has 0 fully saturated rings. The average molecular weight is 269 g/mol. The van der Waals surface area contributed by atoms with Crippen LogP contribution in [0.2, 0.25) is 0 Å². The third-order valence-electron chi connectivity index (χ3n) is 2.61. The fourth-order valence-corrected chi connectivity index (χ4v) is 1.63. The Labute approximate surface area is 115 Å². The lowest BCUT2D eigenvalue weighted by Crippen LogP contribution is -2.28. The molecule has 0 saturated heterocycles. The van der Waals surface area contributed by atoms with Crippen molar-refractivity contribution >= 4 is 11.7 Å². The summed E-state index contributed by atoms with van der Waals surface area (Å²) in [6.45, 7) is 0.236. The monoisotopic (exact) mass is 269 g/mol. The first-order valence-corrected chi connectivity index (χ1v) is 5.97. The maximum Gasteiger partial charge on any atom is 0.319 e. The van der Waals surface area contributed by atoms with Gasteiger partial charge in [-0.1, -0.05) is 12.1 Å². The van der Waals surface area contributed by atoms with Crippen LogP contribution in [-0.2, 0) is 6.54 Å². The Morgan fingerprint density at radius 3 is 2.60 bits per heavy atom. The predicted molar refractivity (Wildman–Crippen MR) is 73.4 cm³/mol. The molecular formula is C15H12FN3O. The summed E-state index contributed by atoms with van der Waals surface area (Å²) in [6.07, 6.45) is 0. The summed E-state index contributed by atoms with van der Waals surface area (Å²) in [4.78, 5) is 11.6. The van der Waals surface area contributed by atoms with Crippen LogP contribution < -0.4 is 10.6 Å². The number of hydrogen-bond donors (Lipinski definition) is 2. The van der Waals surface area contributed by atoms with E-state index in [1.807, 2.05) is 6.07 Å². The van der Waals surface area contributed by atoms with E-state index in [0.29, 0.717) is 16.8 Å². The van der Waals surface area contributed by atoms with Crippen molar-refractivity contribution in [1.29, 1.82) is 5.26 Å². The number of nitriles is 1. The van der Waals surface area contributed by atoms with Gasteiger partial charge in [-0.2, -0.15) is 5.26 Å². The van der Waals surface area contributed by atoms with Gasteiger partial charge in [-0.25, -0.2) is 9.18 Å². The maximum absolute atomic E-state index is 13.0. The maximum atomic E-state index is 13.0. The van der Waals surface area contributed by atoms with Crippen molar-refractivity contribution in [3.8, 4) is 6.07 Å². The molecule has 0 aliphatic rings. The van der Waals surface area contributed by atoms with Crippen LogP contribution in [0.25, 0.3) is 0 Å². The van der Waals surface area contributed by atoms with E-state index in [2.05, 4.69) is 10.6 Å². The van der Waals surface area contributed by atoms with E-state index in [-0.39, 0.29) is 18.4 Å². The highest BCUT2D eigenvalue weighted by Gasteiger charge is 2.02. The minimum Gasteiger partial charge on any atom is -0.334 e. The first-order chi connectivity index (χ1) is 9.67. The SMILES string of the molecule is N#Cc1ccc(NC(=O)NCc2cccc(F)c2)cc1. The first kappa shape index (κ1) is 13.6. The number of nitrogens with one attached hydrogen (secondary N) is 2. The fourth-order valence-electron chi connectivity index (χ4n) is 1.63. The second-order valence-corrected chi connectivity index (χ2v) is 4.13. The second-order valence-electron chi connectivity index (χ2n) is 4.13. The van der Waals surface area contributed by atoms with E-state index < -0.39 is 0 Å². The third kappa shape index (κ3) is 3.82. The molecule has 2 rings (SSSR count). The number of nitrogens with zero attached hydrogens (tertiary/aromatic N) is 1. The van der Waals surface area contributed by atoms with Gasteiger partial charge in [-0.05, 0) is 42.0 Å². The molecule has 5 heteroatoms. The zero-order valence-electron chi connectivity index (χ0n) is 10.6. The molecule has 2 aromatic rings.